The van der Waals surface area contributed by atoms with Crippen molar-refractivity contribution in [3.05, 3.63) is 36.0 Å². The Bertz CT molecular complexity index is 496. The summed E-state index contributed by atoms with van der Waals surface area (Å²) in [4.78, 5) is 4.08. The van der Waals surface area contributed by atoms with Gasteiger partial charge in [-0.1, -0.05) is 46.4 Å². The van der Waals surface area contributed by atoms with Gasteiger partial charge in [-0.2, -0.15) is 0 Å². The number of aromatic nitrogens is 1. The Morgan fingerprint density at radius 1 is 1.12 bits per heavy atom. The molecule has 2 rings (SSSR count). The molecule has 2 aromatic rings. The van der Waals surface area contributed by atoms with E-state index < -0.39 is 0 Å². The van der Waals surface area contributed by atoms with Crippen LogP contribution in [-0.4, -0.2) is 4.98 Å². The summed E-state index contributed by atoms with van der Waals surface area (Å²) in [7, 11) is 0. The molecule has 0 saturated heterocycles. The van der Waals surface area contributed by atoms with Crippen LogP contribution in [0.4, 0.5) is 5.82 Å². The summed E-state index contributed by atoms with van der Waals surface area (Å²) < 4.78 is 0. The fourth-order valence-electron chi connectivity index (χ4n) is 1.67. The van der Waals surface area contributed by atoms with Crippen LogP contribution in [0.5, 0.6) is 0 Å². The zero-order valence-corrected chi connectivity index (χ0v) is 9.41. The van der Waals surface area contributed by atoms with E-state index in [1.54, 1.807) is 6.20 Å². The SMILES string of the molecule is C.CC(C)(C)c1ccc2c(N)nccc2c1. The Hall–Kier alpha value is -1.57. The fourth-order valence-corrected chi connectivity index (χ4v) is 1.67. The number of pyridine rings is 1. The van der Waals surface area contributed by atoms with Gasteiger partial charge < -0.3 is 5.73 Å². The van der Waals surface area contributed by atoms with E-state index in [0.29, 0.717) is 5.82 Å². The maximum Gasteiger partial charge on any atom is 0.131 e. The van der Waals surface area contributed by atoms with Crippen molar-refractivity contribution in [2.45, 2.75) is 33.6 Å². The Labute approximate surface area is 97.5 Å². The van der Waals surface area contributed by atoms with Gasteiger partial charge in [0.25, 0.3) is 0 Å². The van der Waals surface area contributed by atoms with Crippen LogP contribution in [0.25, 0.3) is 10.8 Å². The van der Waals surface area contributed by atoms with Crippen LogP contribution < -0.4 is 5.73 Å². The number of hydrogen-bond acceptors (Lipinski definition) is 2. The lowest BCUT2D eigenvalue weighted by Crippen LogP contribution is -2.10. The Morgan fingerprint density at radius 2 is 1.81 bits per heavy atom. The van der Waals surface area contributed by atoms with Crippen molar-refractivity contribution in [3.8, 4) is 0 Å². The highest BCUT2D eigenvalue weighted by atomic mass is 14.8. The summed E-state index contributed by atoms with van der Waals surface area (Å²) in [6, 6.07) is 8.37. The predicted molar refractivity (Wildman–Crippen MR) is 71.6 cm³/mol. The van der Waals surface area contributed by atoms with E-state index in [-0.39, 0.29) is 12.8 Å². The zero-order chi connectivity index (χ0) is 11.1. The topological polar surface area (TPSA) is 38.9 Å². The van der Waals surface area contributed by atoms with Gasteiger partial charge in [0.1, 0.15) is 5.82 Å². The molecule has 86 valence electrons. The highest BCUT2D eigenvalue weighted by molar-refractivity contribution is 5.91. The van der Waals surface area contributed by atoms with Crippen molar-refractivity contribution in [2.75, 3.05) is 5.73 Å². The van der Waals surface area contributed by atoms with Gasteiger partial charge >= 0.3 is 0 Å². The van der Waals surface area contributed by atoms with Crippen molar-refractivity contribution in [1.29, 1.82) is 0 Å². The second kappa shape index (κ2) is 4.12. The molecule has 16 heavy (non-hydrogen) atoms. The van der Waals surface area contributed by atoms with Gasteiger partial charge in [0.2, 0.25) is 0 Å². The first-order valence-electron chi connectivity index (χ1n) is 5.13. The number of rotatable bonds is 0. The number of nitrogens with zero attached hydrogens (tertiary/aromatic N) is 1. The molecule has 0 atom stereocenters. The van der Waals surface area contributed by atoms with Crippen LogP contribution in [-0.2, 0) is 5.41 Å². The molecule has 1 aromatic heterocycles. The quantitative estimate of drug-likeness (QED) is 0.728. The van der Waals surface area contributed by atoms with E-state index in [9.17, 15) is 0 Å². The Morgan fingerprint density at radius 3 is 2.44 bits per heavy atom. The van der Waals surface area contributed by atoms with Gasteiger partial charge in [-0.15, -0.1) is 0 Å². The number of fused-ring (bicyclic) bond motifs is 1. The van der Waals surface area contributed by atoms with Crippen molar-refractivity contribution < 1.29 is 0 Å². The lowest BCUT2D eigenvalue weighted by atomic mass is 9.86. The maximum atomic E-state index is 5.80. The van der Waals surface area contributed by atoms with Gasteiger partial charge in [-0.3, -0.25) is 0 Å². The molecule has 2 N–H and O–H groups in total. The molecular weight excluding hydrogens is 196 g/mol. The van der Waals surface area contributed by atoms with E-state index in [2.05, 4.69) is 44.0 Å². The third-order valence-electron chi connectivity index (χ3n) is 2.66. The lowest BCUT2D eigenvalue weighted by molar-refractivity contribution is 0.591. The van der Waals surface area contributed by atoms with Gasteiger partial charge in [0.15, 0.2) is 0 Å². The molecule has 2 nitrogen and oxygen atoms in total. The molecule has 1 aromatic carbocycles. The molecule has 0 unspecified atom stereocenters. The number of benzene rings is 1. The normalized spacial score (nSPS) is 11.2. The molecule has 1 heterocycles. The number of nitrogen functional groups attached to an aromatic ring is 1. The van der Waals surface area contributed by atoms with Gasteiger partial charge in [0, 0.05) is 11.6 Å². The van der Waals surface area contributed by atoms with Crippen LogP contribution >= 0.6 is 0 Å². The van der Waals surface area contributed by atoms with Crippen molar-refractivity contribution in [3.63, 3.8) is 0 Å². The summed E-state index contributed by atoms with van der Waals surface area (Å²) in [5, 5.41) is 2.19. The highest BCUT2D eigenvalue weighted by Crippen LogP contribution is 2.27. The van der Waals surface area contributed by atoms with Crippen LogP contribution in [0.1, 0.15) is 33.8 Å². The summed E-state index contributed by atoms with van der Waals surface area (Å²) in [5.74, 6) is 0.605. The third kappa shape index (κ3) is 2.16. The minimum atomic E-state index is 0. The van der Waals surface area contributed by atoms with Crippen molar-refractivity contribution in [2.24, 2.45) is 0 Å². The maximum absolute atomic E-state index is 5.80. The summed E-state index contributed by atoms with van der Waals surface area (Å²) >= 11 is 0. The first-order chi connectivity index (χ1) is 6.98. The molecule has 0 aliphatic rings. The second-order valence-electron chi connectivity index (χ2n) is 4.88. The summed E-state index contributed by atoms with van der Waals surface area (Å²) in [6.45, 7) is 6.62. The molecule has 0 aliphatic heterocycles. The number of nitrogens with two attached hydrogens (primary N) is 1. The molecule has 0 bridgehead atoms. The van der Waals surface area contributed by atoms with E-state index in [1.165, 1.54) is 5.56 Å². The van der Waals surface area contributed by atoms with E-state index >= 15 is 0 Å². The van der Waals surface area contributed by atoms with Crippen LogP contribution in [0.15, 0.2) is 30.5 Å². The molecule has 0 spiro atoms. The largest absolute Gasteiger partial charge is 0.383 e. The average Bonchev–Trinajstić information content (AvgIpc) is 2.16. The molecule has 0 amide bonds. The van der Waals surface area contributed by atoms with E-state index in [1.807, 2.05) is 6.07 Å². The molecular formula is C14H20N2. The predicted octanol–water partition coefficient (Wildman–Crippen LogP) is 3.75. The zero-order valence-electron chi connectivity index (χ0n) is 9.41. The van der Waals surface area contributed by atoms with Gasteiger partial charge in [-0.05, 0) is 22.4 Å². The van der Waals surface area contributed by atoms with Crippen LogP contribution in [0.2, 0.25) is 0 Å². The highest BCUT2D eigenvalue weighted by Gasteiger charge is 2.13. The van der Waals surface area contributed by atoms with Crippen molar-refractivity contribution >= 4 is 16.6 Å². The van der Waals surface area contributed by atoms with Crippen molar-refractivity contribution in [1.82, 2.24) is 4.98 Å². The minimum Gasteiger partial charge on any atom is -0.383 e. The Balaban J connectivity index is 0.00000128. The molecule has 0 aliphatic carbocycles. The standard InChI is InChI=1S/C13H16N2.CH4/c1-13(2,3)10-4-5-11-9(8-10)6-7-15-12(11)14;/h4-8H,1-3H3,(H2,14,15);1H4. The smallest absolute Gasteiger partial charge is 0.131 e. The third-order valence-corrected chi connectivity index (χ3v) is 2.66. The molecule has 2 heteroatoms. The molecule has 0 saturated carbocycles. The molecule has 0 radical (unpaired) electrons. The fraction of sp³-hybridized carbons (Fsp3) is 0.357. The lowest BCUT2D eigenvalue weighted by Gasteiger charge is -2.19. The Kier molecular flexibility index (Phi) is 3.22. The monoisotopic (exact) mass is 216 g/mol. The first kappa shape index (κ1) is 12.5. The average molecular weight is 216 g/mol. The van der Waals surface area contributed by atoms with Gasteiger partial charge in [0.05, 0.1) is 0 Å². The van der Waals surface area contributed by atoms with E-state index in [0.717, 1.165) is 10.8 Å². The van der Waals surface area contributed by atoms with Gasteiger partial charge in [-0.25, -0.2) is 4.98 Å². The minimum absolute atomic E-state index is 0. The van der Waals surface area contributed by atoms with E-state index in [4.69, 9.17) is 5.73 Å². The number of hydrogen-bond donors (Lipinski definition) is 1. The first-order valence-corrected chi connectivity index (χ1v) is 5.13. The van der Waals surface area contributed by atoms with Crippen LogP contribution in [0, 0.1) is 0 Å². The summed E-state index contributed by atoms with van der Waals surface area (Å²) in [6.07, 6.45) is 1.75. The van der Waals surface area contributed by atoms with Crippen LogP contribution in [0.3, 0.4) is 0 Å². The summed E-state index contributed by atoms with van der Waals surface area (Å²) in [5.41, 5.74) is 7.30. The number of anilines is 1. The molecule has 0 fully saturated rings. The second-order valence-corrected chi connectivity index (χ2v) is 4.88.